The molecule has 0 atom stereocenters. The molecule has 1 spiro atoms. The quantitative estimate of drug-likeness (QED) is 0.903. The molecule has 1 aliphatic heterocycles. The highest BCUT2D eigenvalue weighted by Gasteiger charge is 2.48. The normalized spacial score (nSPS) is 21.5. The van der Waals surface area contributed by atoms with E-state index in [1.807, 2.05) is 10.8 Å². The van der Waals surface area contributed by atoms with Crippen molar-refractivity contribution in [3.8, 4) is 0 Å². The van der Waals surface area contributed by atoms with Gasteiger partial charge in [0, 0.05) is 32.0 Å². The lowest BCUT2D eigenvalue weighted by Gasteiger charge is -2.38. The Morgan fingerprint density at radius 1 is 1.25 bits per heavy atom. The molecule has 1 saturated heterocycles. The molecule has 0 radical (unpaired) electrons. The van der Waals surface area contributed by atoms with E-state index in [-0.39, 0.29) is 17.4 Å². The van der Waals surface area contributed by atoms with E-state index in [4.69, 9.17) is 0 Å². The monoisotopic (exact) mass is 276 g/mol. The molecule has 2 heterocycles. The van der Waals surface area contributed by atoms with E-state index in [2.05, 4.69) is 10.3 Å². The van der Waals surface area contributed by atoms with Gasteiger partial charge in [-0.15, -0.1) is 0 Å². The summed E-state index contributed by atoms with van der Waals surface area (Å²) in [5, 5.41) is 2.89. The number of imide groups is 1. The molecule has 2 aliphatic rings. The lowest BCUT2D eigenvalue weighted by atomic mass is 9.83. The summed E-state index contributed by atoms with van der Waals surface area (Å²) < 4.78 is 1.96. The minimum atomic E-state index is -0.317. The van der Waals surface area contributed by atoms with E-state index >= 15 is 0 Å². The number of hydrogen-bond donors (Lipinski definition) is 1. The topological polar surface area (TPSA) is 67.2 Å². The third-order valence-corrected chi connectivity index (χ3v) is 4.44. The van der Waals surface area contributed by atoms with Crippen LogP contribution in [0.25, 0.3) is 0 Å². The maximum atomic E-state index is 12.6. The van der Waals surface area contributed by atoms with Crippen LogP contribution < -0.4 is 5.32 Å². The molecule has 0 bridgehead atoms. The van der Waals surface area contributed by atoms with Crippen LogP contribution in [-0.2, 0) is 11.3 Å². The van der Waals surface area contributed by atoms with Crippen LogP contribution in [0.2, 0.25) is 0 Å². The van der Waals surface area contributed by atoms with Gasteiger partial charge in [0.05, 0.1) is 11.7 Å². The number of urea groups is 1. The van der Waals surface area contributed by atoms with Gasteiger partial charge in [0.2, 0.25) is 5.91 Å². The van der Waals surface area contributed by atoms with E-state index in [1.54, 1.807) is 12.5 Å². The maximum Gasteiger partial charge on any atom is 0.324 e. The average Bonchev–Trinajstić information content (AvgIpc) is 3.11. The van der Waals surface area contributed by atoms with Crippen molar-refractivity contribution in [2.45, 2.75) is 38.6 Å². The molecular weight excluding hydrogens is 256 g/mol. The van der Waals surface area contributed by atoms with Crippen LogP contribution in [0, 0.1) is 5.41 Å². The van der Waals surface area contributed by atoms with E-state index in [9.17, 15) is 9.59 Å². The minimum absolute atomic E-state index is 0.0318. The predicted molar refractivity (Wildman–Crippen MR) is 72.9 cm³/mol. The van der Waals surface area contributed by atoms with Crippen LogP contribution in [-0.4, -0.2) is 39.5 Å². The summed E-state index contributed by atoms with van der Waals surface area (Å²) in [6.45, 7) is 1.76. The molecule has 2 fully saturated rings. The van der Waals surface area contributed by atoms with Crippen molar-refractivity contribution in [3.63, 3.8) is 0 Å². The van der Waals surface area contributed by atoms with E-state index in [0.717, 1.165) is 38.6 Å². The van der Waals surface area contributed by atoms with Crippen molar-refractivity contribution < 1.29 is 9.59 Å². The Labute approximate surface area is 118 Å². The Bertz CT molecular complexity index is 491. The smallest absolute Gasteiger partial charge is 0.324 e. The lowest BCUT2D eigenvalue weighted by Crippen LogP contribution is -2.60. The highest BCUT2D eigenvalue weighted by molar-refractivity contribution is 6.00. The fourth-order valence-corrected chi connectivity index (χ4v) is 3.27. The van der Waals surface area contributed by atoms with Crippen LogP contribution in [0.1, 0.15) is 32.1 Å². The molecule has 1 aromatic heterocycles. The number of nitrogens with one attached hydrogen (secondary N) is 1. The van der Waals surface area contributed by atoms with Gasteiger partial charge in [-0.3, -0.25) is 9.69 Å². The number of rotatable bonds is 4. The molecule has 3 amide bonds. The molecule has 0 unspecified atom stereocenters. The van der Waals surface area contributed by atoms with Crippen molar-refractivity contribution in [1.82, 2.24) is 19.8 Å². The summed E-state index contributed by atoms with van der Waals surface area (Å²) in [5.41, 5.74) is -0.317. The van der Waals surface area contributed by atoms with Crippen LogP contribution in [0.5, 0.6) is 0 Å². The largest absolute Gasteiger partial charge is 0.337 e. The zero-order valence-electron chi connectivity index (χ0n) is 11.5. The first-order valence-electron chi connectivity index (χ1n) is 7.27. The molecule has 1 N–H and O–H groups in total. The lowest BCUT2D eigenvalue weighted by molar-refractivity contribution is -0.140. The van der Waals surface area contributed by atoms with E-state index < -0.39 is 0 Å². The summed E-state index contributed by atoms with van der Waals surface area (Å²) >= 11 is 0. The molecule has 1 aliphatic carbocycles. The zero-order valence-corrected chi connectivity index (χ0v) is 11.5. The Hall–Kier alpha value is -1.85. The second-order valence-electron chi connectivity index (χ2n) is 5.76. The van der Waals surface area contributed by atoms with Crippen molar-refractivity contribution in [1.29, 1.82) is 0 Å². The Kier molecular flexibility index (Phi) is 3.46. The predicted octanol–water partition coefficient (Wildman–Crippen LogP) is 1.39. The summed E-state index contributed by atoms with van der Waals surface area (Å²) in [7, 11) is 0. The summed E-state index contributed by atoms with van der Waals surface area (Å²) in [4.78, 5) is 29.9. The summed E-state index contributed by atoms with van der Waals surface area (Å²) in [5.74, 6) is 0.0318. The van der Waals surface area contributed by atoms with Gasteiger partial charge in [-0.2, -0.15) is 0 Å². The zero-order chi connectivity index (χ0) is 14.0. The molecule has 6 nitrogen and oxygen atoms in total. The highest BCUT2D eigenvalue weighted by Crippen LogP contribution is 2.40. The molecule has 3 rings (SSSR count). The van der Waals surface area contributed by atoms with Crippen molar-refractivity contribution in [2.75, 3.05) is 13.1 Å². The van der Waals surface area contributed by atoms with Crippen molar-refractivity contribution in [3.05, 3.63) is 18.7 Å². The first kappa shape index (κ1) is 13.1. The standard InChI is InChI=1S/C14H20N4O2/c19-12-14(4-1-2-5-14)10-16-13(20)18(12)8-3-7-17-9-6-15-11-17/h6,9,11H,1-5,7-8,10H2,(H,16,20). The molecular formula is C14H20N4O2. The number of aryl methyl sites for hydroxylation is 1. The summed E-state index contributed by atoms with van der Waals surface area (Å²) in [6, 6.07) is -0.238. The third-order valence-electron chi connectivity index (χ3n) is 4.44. The molecule has 6 heteroatoms. The number of amides is 3. The third kappa shape index (κ3) is 2.30. The first-order chi connectivity index (χ1) is 9.71. The second-order valence-corrected chi connectivity index (χ2v) is 5.76. The van der Waals surface area contributed by atoms with Gasteiger partial charge in [0.25, 0.3) is 0 Å². The first-order valence-corrected chi connectivity index (χ1v) is 7.27. The fourth-order valence-electron chi connectivity index (χ4n) is 3.27. The van der Waals surface area contributed by atoms with Gasteiger partial charge < -0.3 is 9.88 Å². The van der Waals surface area contributed by atoms with Gasteiger partial charge in [-0.05, 0) is 19.3 Å². The number of aromatic nitrogens is 2. The number of hydrogen-bond acceptors (Lipinski definition) is 3. The molecule has 108 valence electrons. The van der Waals surface area contributed by atoms with Crippen LogP contribution in [0.15, 0.2) is 18.7 Å². The molecule has 1 saturated carbocycles. The van der Waals surface area contributed by atoms with Crippen LogP contribution >= 0.6 is 0 Å². The number of carbonyl (C=O) groups excluding carboxylic acids is 2. The number of carbonyl (C=O) groups is 2. The Morgan fingerprint density at radius 3 is 2.75 bits per heavy atom. The second kappa shape index (κ2) is 5.26. The minimum Gasteiger partial charge on any atom is -0.337 e. The van der Waals surface area contributed by atoms with Gasteiger partial charge >= 0.3 is 6.03 Å². The number of imidazole rings is 1. The van der Waals surface area contributed by atoms with Crippen molar-refractivity contribution >= 4 is 11.9 Å². The SMILES string of the molecule is O=C1NCC2(CCCC2)C(=O)N1CCCn1ccnc1. The molecule has 0 aromatic carbocycles. The van der Waals surface area contributed by atoms with Gasteiger partial charge in [0.1, 0.15) is 0 Å². The summed E-state index contributed by atoms with van der Waals surface area (Å²) in [6.07, 6.45) is 10.1. The van der Waals surface area contributed by atoms with Crippen LogP contribution in [0.4, 0.5) is 4.79 Å². The van der Waals surface area contributed by atoms with E-state index in [0.29, 0.717) is 13.1 Å². The fraction of sp³-hybridized carbons (Fsp3) is 0.643. The highest BCUT2D eigenvalue weighted by atomic mass is 16.2. The van der Waals surface area contributed by atoms with Crippen LogP contribution in [0.3, 0.4) is 0 Å². The van der Waals surface area contributed by atoms with E-state index in [1.165, 1.54) is 4.90 Å². The van der Waals surface area contributed by atoms with Gasteiger partial charge in [0.15, 0.2) is 0 Å². The van der Waals surface area contributed by atoms with Gasteiger partial charge in [-0.1, -0.05) is 12.8 Å². The average molecular weight is 276 g/mol. The Morgan fingerprint density at radius 2 is 2.05 bits per heavy atom. The molecule has 20 heavy (non-hydrogen) atoms. The Balaban J connectivity index is 1.61. The maximum absolute atomic E-state index is 12.6. The number of nitrogens with zero attached hydrogens (tertiary/aromatic N) is 3. The molecule has 1 aromatic rings. The van der Waals surface area contributed by atoms with Crippen molar-refractivity contribution in [2.24, 2.45) is 5.41 Å². The van der Waals surface area contributed by atoms with Gasteiger partial charge in [-0.25, -0.2) is 9.78 Å².